The van der Waals surface area contributed by atoms with E-state index in [2.05, 4.69) is 0 Å². The zero-order valence-corrected chi connectivity index (χ0v) is 10.9. The summed E-state index contributed by atoms with van der Waals surface area (Å²) in [5, 5.41) is 9.80. The molecule has 0 unspecified atom stereocenters. The molecule has 17 heavy (non-hydrogen) atoms. The van der Waals surface area contributed by atoms with Crippen LogP contribution in [0.15, 0.2) is 11.8 Å². The number of hydrogen-bond donors (Lipinski definition) is 1. The Bertz CT molecular complexity index is 308. The summed E-state index contributed by atoms with van der Waals surface area (Å²) < 4.78 is 10.8. The number of ether oxygens (including phenoxy) is 2. The largest absolute Gasteiger partial charge is 0.509 e. The van der Waals surface area contributed by atoms with E-state index < -0.39 is 11.9 Å². The van der Waals surface area contributed by atoms with Crippen molar-refractivity contribution in [3.05, 3.63) is 11.8 Å². The van der Waals surface area contributed by atoms with Crippen LogP contribution in [0.1, 0.15) is 27.7 Å². The van der Waals surface area contributed by atoms with Crippen LogP contribution < -0.4 is 0 Å². The highest BCUT2D eigenvalue weighted by Crippen LogP contribution is 2.25. The molecule has 0 aromatic heterocycles. The van der Waals surface area contributed by atoms with Crippen LogP contribution in [0.4, 0.5) is 0 Å². The molecule has 1 heterocycles. The smallest absolute Gasteiger partial charge is 0.250 e. The molecule has 0 aliphatic carbocycles. The number of carbonyl (C=O) groups is 1. The van der Waals surface area contributed by atoms with Crippen molar-refractivity contribution < 1.29 is 19.4 Å². The molecule has 98 valence electrons. The Balaban J connectivity index is 2.64. The number of rotatable bonds is 4. The van der Waals surface area contributed by atoms with Gasteiger partial charge in [0.2, 0.25) is 5.91 Å². The lowest BCUT2D eigenvalue weighted by Gasteiger charge is -2.18. The minimum atomic E-state index is -0.704. The molecule has 0 radical (unpaired) electrons. The van der Waals surface area contributed by atoms with E-state index >= 15 is 0 Å². The fraction of sp³-hybridized carbons (Fsp3) is 0.750. The van der Waals surface area contributed by atoms with Crippen molar-refractivity contribution in [3.8, 4) is 0 Å². The minimum Gasteiger partial charge on any atom is -0.509 e. The predicted octanol–water partition coefficient (Wildman–Crippen LogP) is 1.45. The average molecular weight is 243 g/mol. The average Bonchev–Trinajstić information content (AvgIpc) is 2.60. The Labute approximate surface area is 102 Å². The molecule has 1 amide bonds. The van der Waals surface area contributed by atoms with Crippen molar-refractivity contribution in [1.29, 1.82) is 0 Å². The first-order valence-corrected chi connectivity index (χ1v) is 5.90. The number of carbonyl (C=O) groups excluding carboxylic acids is 1. The Morgan fingerprint density at radius 2 is 2.06 bits per heavy atom. The number of nitrogens with zero attached hydrogens (tertiary/aromatic N) is 1. The summed E-state index contributed by atoms with van der Waals surface area (Å²) in [6.45, 7) is 8.83. The van der Waals surface area contributed by atoms with Gasteiger partial charge < -0.3 is 19.5 Å². The summed E-state index contributed by atoms with van der Waals surface area (Å²) in [5.74, 6) is -0.988. The van der Waals surface area contributed by atoms with Crippen molar-refractivity contribution in [2.24, 2.45) is 0 Å². The van der Waals surface area contributed by atoms with Crippen LogP contribution in [-0.2, 0) is 14.3 Å². The molecule has 0 saturated carbocycles. The van der Waals surface area contributed by atoms with Gasteiger partial charge >= 0.3 is 0 Å². The van der Waals surface area contributed by atoms with E-state index in [1.54, 1.807) is 18.7 Å². The van der Waals surface area contributed by atoms with Gasteiger partial charge in [-0.1, -0.05) is 0 Å². The number of likely N-dealkylation sites (N-methyl/N-ethyl adjacent to an activating group) is 1. The Morgan fingerprint density at radius 1 is 1.47 bits per heavy atom. The minimum absolute atomic E-state index is 0.0764. The normalized spacial score (nSPS) is 23.8. The SMILES string of the molecule is CCN(CC)C(=O)/C=C(\O)[C@H]1COC(C)(C)O1. The van der Waals surface area contributed by atoms with Crippen LogP contribution in [-0.4, -0.2) is 47.5 Å². The Morgan fingerprint density at radius 3 is 2.47 bits per heavy atom. The zero-order valence-electron chi connectivity index (χ0n) is 10.9. The van der Waals surface area contributed by atoms with Crippen molar-refractivity contribution >= 4 is 5.91 Å². The van der Waals surface area contributed by atoms with E-state index in [9.17, 15) is 9.90 Å². The maximum atomic E-state index is 11.7. The van der Waals surface area contributed by atoms with Gasteiger partial charge in [-0.05, 0) is 27.7 Å². The highest BCUT2D eigenvalue weighted by atomic mass is 16.7. The molecular formula is C12H21NO4. The fourth-order valence-electron chi connectivity index (χ4n) is 1.68. The third kappa shape index (κ3) is 3.71. The van der Waals surface area contributed by atoms with Crippen LogP contribution in [0.3, 0.4) is 0 Å². The van der Waals surface area contributed by atoms with Crippen LogP contribution in [0, 0.1) is 0 Å². The van der Waals surface area contributed by atoms with Crippen LogP contribution >= 0.6 is 0 Å². The quantitative estimate of drug-likeness (QED) is 0.599. The van der Waals surface area contributed by atoms with Crippen molar-refractivity contribution in [3.63, 3.8) is 0 Å². The lowest BCUT2D eigenvalue weighted by molar-refractivity contribution is -0.138. The van der Waals surface area contributed by atoms with Gasteiger partial charge in [0.25, 0.3) is 0 Å². The second kappa shape index (κ2) is 5.51. The molecule has 1 N–H and O–H groups in total. The number of amides is 1. The van der Waals surface area contributed by atoms with Crippen LogP contribution in [0.5, 0.6) is 0 Å². The topological polar surface area (TPSA) is 59.0 Å². The molecule has 0 aromatic rings. The molecule has 0 aromatic carbocycles. The summed E-state index contributed by atoms with van der Waals surface area (Å²) in [6.07, 6.45) is 0.659. The maximum Gasteiger partial charge on any atom is 0.250 e. The van der Waals surface area contributed by atoms with Gasteiger partial charge in [0.1, 0.15) is 11.9 Å². The van der Waals surface area contributed by atoms with E-state index in [1.165, 1.54) is 6.08 Å². The molecule has 0 bridgehead atoms. The Hall–Kier alpha value is -1.07. The lowest BCUT2D eigenvalue weighted by atomic mass is 10.2. The standard InChI is InChI=1S/C12H21NO4/c1-5-13(6-2)11(15)7-9(14)10-8-16-12(3,4)17-10/h7,10,14H,5-6,8H2,1-4H3/b9-7-/t10-/m1/s1. The highest BCUT2D eigenvalue weighted by Gasteiger charge is 2.35. The van der Waals surface area contributed by atoms with Gasteiger partial charge in [-0.3, -0.25) is 4.79 Å². The van der Waals surface area contributed by atoms with Crippen molar-refractivity contribution in [2.45, 2.75) is 39.6 Å². The second-order valence-corrected chi connectivity index (χ2v) is 4.40. The first kappa shape index (κ1) is 14.0. The van der Waals surface area contributed by atoms with E-state index in [-0.39, 0.29) is 18.3 Å². The molecule has 1 saturated heterocycles. The third-order valence-corrected chi connectivity index (χ3v) is 2.68. The molecule has 1 fully saturated rings. The third-order valence-electron chi connectivity index (χ3n) is 2.68. The van der Waals surface area contributed by atoms with Gasteiger partial charge in [0.15, 0.2) is 5.79 Å². The Kier molecular flexibility index (Phi) is 4.54. The van der Waals surface area contributed by atoms with E-state index in [1.807, 2.05) is 13.8 Å². The summed E-state index contributed by atoms with van der Waals surface area (Å²) in [4.78, 5) is 13.3. The van der Waals surface area contributed by atoms with Crippen molar-refractivity contribution in [1.82, 2.24) is 4.90 Å². The van der Waals surface area contributed by atoms with E-state index in [4.69, 9.17) is 9.47 Å². The fourth-order valence-corrected chi connectivity index (χ4v) is 1.68. The van der Waals surface area contributed by atoms with Gasteiger partial charge in [0, 0.05) is 19.2 Å². The first-order chi connectivity index (χ1) is 7.89. The molecule has 0 spiro atoms. The second-order valence-electron chi connectivity index (χ2n) is 4.40. The molecule has 5 heteroatoms. The van der Waals surface area contributed by atoms with Crippen LogP contribution in [0.25, 0.3) is 0 Å². The van der Waals surface area contributed by atoms with E-state index in [0.29, 0.717) is 13.1 Å². The van der Waals surface area contributed by atoms with Crippen molar-refractivity contribution in [2.75, 3.05) is 19.7 Å². The van der Waals surface area contributed by atoms with Gasteiger partial charge in [-0.25, -0.2) is 0 Å². The molecular weight excluding hydrogens is 222 g/mol. The zero-order chi connectivity index (χ0) is 13.1. The van der Waals surface area contributed by atoms with Gasteiger partial charge in [-0.15, -0.1) is 0 Å². The lowest BCUT2D eigenvalue weighted by Crippen LogP contribution is -2.30. The summed E-state index contributed by atoms with van der Waals surface area (Å²) in [5.41, 5.74) is 0. The molecule has 1 aliphatic rings. The summed E-state index contributed by atoms with van der Waals surface area (Å²) in [7, 11) is 0. The number of aliphatic hydroxyl groups is 1. The number of hydrogen-bond acceptors (Lipinski definition) is 4. The number of aliphatic hydroxyl groups excluding tert-OH is 1. The molecule has 1 aliphatic heterocycles. The first-order valence-electron chi connectivity index (χ1n) is 5.90. The van der Waals surface area contributed by atoms with Crippen LogP contribution in [0.2, 0.25) is 0 Å². The van der Waals surface area contributed by atoms with Gasteiger partial charge in [-0.2, -0.15) is 0 Å². The summed E-state index contributed by atoms with van der Waals surface area (Å²) in [6, 6.07) is 0. The molecule has 5 nitrogen and oxygen atoms in total. The monoisotopic (exact) mass is 243 g/mol. The maximum absolute atomic E-state index is 11.7. The summed E-state index contributed by atoms with van der Waals surface area (Å²) >= 11 is 0. The predicted molar refractivity (Wildman–Crippen MR) is 63.5 cm³/mol. The highest BCUT2D eigenvalue weighted by molar-refractivity contribution is 5.88. The molecule has 1 rings (SSSR count). The van der Waals surface area contributed by atoms with E-state index in [0.717, 1.165) is 0 Å². The van der Waals surface area contributed by atoms with Gasteiger partial charge in [0.05, 0.1) is 6.61 Å². The molecule has 1 atom stereocenters.